The number of carbonyl (C=O) groups is 1. The van der Waals surface area contributed by atoms with Crippen molar-refractivity contribution in [3.63, 3.8) is 0 Å². The molecule has 0 spiro atoms. The monoisotopic (exact) mass is 355 g/mol. The lowest BCUT2D eigenvalue weighted by atomic mass is 10.1. The maximum absolute atomic E-state index is 12.7. The van der Waals surface area contributed by atoms with Crippen molar-refractivity contribution in [2.24, 2.45) is 0 Å². The molecule has 0 atom stereocenters. The summed E-state index contributed by atoms with van der Waals surface area (Å²) in [4.78, 5) is 11.9. The Hall–Kier alpha value is -2.17. The van der Waals surface area contributed by atoms with Crippen LogP contribution in [0.2, 0.25) is 0 Å². The number of alkyl halides is 6. The van der Waals surface area contributed by atoms with Crippen molar-refractivity contribution < 1.29 is 31.1 Å². The number of hydrogen-bond donors (Lipinski definition) is 1. The van der Waals surface area contributed by atoms with Gasteiger partial charge in [-0.25, -0.2) is 0 Å². The van der Waals surface area contributed by atoms with Crippen molar-refractivity contribution in [3.8, 4) is 0 Å². The van der Waals surface area contributed by atoms with Crippen LogP contribution < -0.4 is 5.32 Å². The summed E-state index contributed by atoms with van der Waals surface area (Å²) in [5.74, 6) is -0.884. The molecule has 1 aromatic heterocycles. The number of benzene rings is 1. The van der Waals surface area contributed by atoms with Crippen LogP contribution in [0.1, 0.15) is 26.5 Å². The Balaban J connectivity index is 2.42. The van der Waals surface area contributed by atoms with Crippen molar-refractivity contribution in [1.82, 2.24) is 9.59 Å². The molecule has 4 nitrogen and oxygen atoms in total. The van der Waals surface area contributed by atoms with Gasteiger partial charge in [0.1, 0.15) is 4.88 Å². The SMILES string of the molecule is Cc1nnsc1C(=O)Nc1cc(C(F)(F)F)cc(C(F)(F)F)c1. The minimum Gasteiger partial charge on any atom is -0.321 e. The Kier molecular flexibility index (Phi) is 4.33. The van der Waals surface area contributed by atoms with Crippen LogP contribution in [0.4, 0.5) is 32.0 Å². The molecular weight excluding hydrogens is 348 g/mol. The summed E-state index contributed by atoms with van der Waals surface area (Å²) in [7, 11) is 0. The number of halogens is 6. The van der Waals surface area contributed by atoms with Gasteiger partial charge in [0.2, 0.25) is 0 Å². The van der Waals surface area contributed by atoms with Crippen LogP contribution in [0.25, 0.3) is 0 Å². The molecule has 1 N–H and O–H groups in total. The fraction of sp³-hybridized carbons (Fsp3) is 0.250. The molecular formula is C12H7F6N3OS. The predicted octanol–water partition coefficient (Wildman–Crippen LogP) is 4.14. The van der Waals surface area contributed by atoms with E-state index in [0.29, 0.717) is 23.7 Å². The van der Waals surface area contributed by atoms with Crippen molar-refractivity contribution in [2.75, 3.05) is 5.32 Å². The van der Waals surface area contributed by atoms with E-state index in [4.69, 9.17) is 0 Å². The van der Waals surface area contributed by atoms with Crippen LogP contribution in [-0.2, 0) is 12.4 Å². The Morgan fingerprint density at radius 3 is 1.96 bits per heavy atom. The minimum atomic E-state index is -4.98. The van der Waals surface area contributed by atoms with Gasteiger partial charge >= 0.3 is 12.4 Å². The highest BCUT2D eigenvalue weighted by Gasteiger charge is 2.37. The first-order valence-corrected chi connectivity index (χ1v) is 6.65. The van der Waals surface area contributed by atoms with Gasteiger partial charge in [-0.1, -0.05) is 4.49 Å². The summed E-state index contributed by atoms with van der Waals surface area (Å²) in [6.07, 6.45) is -9.97. The summed E-state index contributed by atoms with van der Waals surface area (Å²) in [6, 6.07) is 0.836. The Labute approximate surface area is 129 Å². The molecule has 1 aromatic carbocycles. The topological polar surface area (TPSA) is 54.9 Å². The number of nitrogens with one attached hydrogen (secondary N) is 1. The lowest BCUT2D eigenvalue weighted by molar-refractivity contribution is -0.143. The molecule has 0 saturated heterocycles. The molecule has 0 aliphatic rings. The van der Waals surface area contributed by atoms with Crippen LogP contribution in [-0.4, -0.2) is 15.5 Å². The molecule has 1 amide bonds. The predicted molar refractivity (Wildman–Crippen MR) is 69.0 cm³/mol. The largest absolute Gasteiger partial charge is 0.416 e. The molecule has 2 aromatic rings. The van der Waals surface area contributed by atoms with Gasteiger partial charge in [0.15, 0.2) is 0 Å². The number of carbonyl (C=O) groups excluding carboxylic acids is 1. The average Bonchev–Trinajstić information content (AvgIpc) is 2.82. The summed E-state index contributed by atoms with van der Waals surface area (Å²) in [6.45, 7) is 1.44. The number of nitrogens with zero attached hydrogens (tertiary/aromatic N) is 2. The van der Waals surface area contributed by atoms with Gasteiger partial charge in [-0.3, -0.25) is 4.79 Å². The second-order valence-electron chi connectivity index (χ2n) is 4.44. The second-order valence-corrected chi connectivity index (χ2v) is 5.19. The van der Waals surface area contributed by atoms with E-state index >= 15 is 0 Å². The lowest BCUT2D eigenvalue weighted by Crippen LogP contribution is -2.15. The van der Waals surface area contributed by atoms with Gasteiger partial charge < -0.3 is 5.32 Å². The molecule has 23 heavy (non-hydrogen) atoms. The molecule has 0 bridgehead atoms. The number of aryl methyl sites for hydroxylation is 1. The van der Waals surface area contributed by atoms with Crippen LogP contribution in [0.3, 0.4) is 0 Å². The van der Waals surface area contributed by atoms with E-state index < -0.39 is 35.1 Å². The Morgan fingerprint density at radius 1 is 1.04 bits per heavy atom. The lowest BCUT2D eigenvalue weighted by Gasteiger charge is -2.14. The third kappa shape index (κ3) is 3.97. The van der Waals surface area contributed by atoms with E-state index in [2.05, 4.69) is 9.59 Å². The molecule has 0 aliphatic heterocycles. The second kappa shape index (κ2) is 5.80. The maximum Gasteiger partial charge on any atom is 0.416 e. The molecule has 0 radical (unpaired) electrons. The number of hydrogen-bond acceptors (Lipinski definition) is 4. The van der Waals surface area contributed by atoms with E-state index in [1.807, 2.05) is 5.32 Å². The smallest absolute Gasteiger partial charge is 0.321 e. The number of aromatic nitrogens is 2. The normalized spacial score (nSPS) is 12.3. The molecule has 0 aliphatic carbocycles. The van der Waals surface area contributed by atoms with Crippen molar-refractivity contribution in [2.45, 2.75) is 19.3 Å². The molecule has 0 fully saturated rings. The van der Waals surface area contributed by atoms with Crippen LogP contribution in [0, 0.1) is 6.92 Å². The zero-order valence-corrected chi connectivity index (χ0v) is 12.0. The third-order valence-electron chi connectivity index (χ3n) is 2.70. The molecule has 11 heteroatoms. The maximum atomic E-state index is 12.7. The van der Waals surface area contributed by atoms with Gasteiger partial charge in [0.25, 0.3) is 5.91 Å². The first-order valence-electron chi connectivity index (χ1n) is 5.88. The summed E-state index contributed by atoms with van der Waals surface area (Å²) in [5, 5.41) is 5.54. The van der Waals surface area contributed by atoms with E-state index in [1.165, 1.54) is 6.92 Å². The zero-order chi connectivity index (χ0) is 17.4. The summed E-state index contributed by atoms with van der Waals surface area (Å²) < 4.78 is 79.7. The van der Waals surface area contributed by atoms with Crippen molar-refractivity contribution in [3.05, 3.63) is 39.9 Å². The minimum absolute atomic E-state index is 0.00373. The zero-order valence-electron chi connectivity index (χ0n) is 11.2. The van der Waals surface area contributed by atoms with Crippen LogP contribution in [0.5, 0.6) is 0 Å². The van der Waals surface area contributed by atoms with Gasteiger partial charge in [0.05, 0.1) is 16.8 Å². The fourth-order valence-corrected chi connectivity index (χ4v) is 2.21. The van der Waals surface area contributed by atoms with Crippen molar-refractivity contribution >= 4 is 23.1 Å². The first kappa shape index (κ1) is 17.2. The quantitative estimate of drug-likeness (QED) is 0.824. The fourth-order valence-electron chi connectivity index (χ4n) is 1.65. The number of anilines is 1. The van der Waals surface area contributed by atoms with E-state index in [0.717, 1.165) is 0 Å². The third-order valence-corrected chi connectivity index (χ3v) is 3.53. The summed E-state index contributed by atoms with van der Waals surface area (Å²) >= 11 is 0.679. The van der Waals surface area contributed by atoms with Crippen LogP contribution in [0.15, 0.2) is 18.2 Å². The van der Waals surface area contributed by atoms with Gasteiger partial charge in [-0.2, -0.15) is 26.3 Å². The molecule has 0 saturated carbocycles. The van der Waals surface area contributed by atoms with Gasteiger partial charge in [-0.15, -0.1) is 5.10 Å². The van der Waals surface area contributed by atoms with Gasteiger partial charge in [-0.05, 0) is 36.7 Å². The van der Waals surface area contributed by atoms with E-state index in [1.54, 1.807) is 0 Å². The van der Waals surface area contributed by atoms with Crippen molar-refractivity contribution in [1.29, 1.82) is 0 Å². The van der Waals surface area contributed by atoms with Gasteiger partial charge in [0, 0.05) is 5.69 Å². The number of amides is 1. The number of rotatable bonds is 2. The highest BCUT2D eigenvalue weighted by atomic mass is 32.1. The summed E-state index contributed by atoms with van der Waals surface area (Å²) in [5.41, 5.74) is -3.43. The first-order chi connectivity index (χ1) is 10.5. The van der Waals surface area contributed by atoms with E-state index in [-0.39, 0.29) is 16.6 Å². The average molecular weight is 355 g/mol. The molecule has 2 rings (SSSR count). The Bertz CT molecular complexity index is 705. The molecule has 0 unspecified atom stereocenters. The molecule has 1 heterocycles. The highest BCUT2D eigenvalue weighted by molar-refractivity contribution is 7.08. The Morgan fingerprint density at radius 2 is 1.57 bits per heavy atom. The van der Waals surface area contributed by atoms with Crippen LogP contribution >= 0.6 is 11.5 Å². The highest BCUT2D eigenvalue weighted by Crippen LogP contribution is 2.37. The van der Waals surface area contributed by atoms with E-state index in [9.17, 15) is 31.1 Å². The molecule has 124 valence electrons. The standard InChI is InChI=1S/C12H7F6N3OS/c1-5-9(23-21-20-5)10(22)19-8-3-6(11(13,14)15)2-7(4-8)12(16,17)18/h2-4H,1H3,(H,19,22).